The molecule has 158 valence electrons. The fourth-order valence-corrected chi connectivity index (χ4v) is 4.77. The number of thiophene rings is 1. The number of carbonyl (C=O) groups excluding carboxylic acids is 2. The minimum atomic E-state index is -0.255. The molecule has 0 bridgehead atoms. The van der Waals surface area contributed by atoms with Crippen LogP contribution in [-0.2, 0) is 16.0 Å². The average molecular weight is 432 g/mol. The van der Waals surface area contributed by atoms with Gasteiger partial charge in [-0.05, 0) is 79.6 Å². The topological polar surface area (TPSA) is 53.5 Å². The van der Waals surface area contributed by atoms with Gasteiger partial charge in [-0.15, -0.1) is 11.3 Å². The fourth-order valence-electron chi connectivity index (χ4n) is 4.01. The first-order valence-electron chi connectivity index (χ1n) is 10.4. The number of amides is 2. The molecular weight excluding hydrogens is 406 g/mol. The van der Waals surface area contributed by atoms with Crippen molar-refractivity contribution in [3.63, 3.8) is 0 Å². The summed E-state index contributed by atoms with van der Waals surface area (Å²) < 4.78 is 0. The second kappa shape index (κ2) is 8.86. The van der Waals surface area contributed by atoms with Crippen molar-refractivity contribution in [2.45, 2.75) is 27.2 Å². The van der Waals surface area contributed by atoms with E-state index in [1.807, 2.05) is 73.5 Å². The molecular formula is C25H25N3O2S. The van der Waals surface area contributed by atoms with Crippen LogP contribution in [0.3, 0.4) is 0 Å². The minimum absolute atomic E-state index is 0.255. The van der Waals surface area contributed by atoms with E-state index in [1.165, 1.54) is 16.2 Å². The third kappa shape index (κ3) is 4.16. The first kappa shape index (κ1) is 21.0. The van der Waals surface area contributed by atoms with Crippen molar-refractivity contribution >= 4 is 34.4 Å². The van der Waals surface area contributed by atoms with Gasteiger partial charge in [0.1, 0.15) is 5.70 Å². The Labute approximate surface area is 186 Å². The number of imide groups is 1. The molecule has 0 atom stereocenters. The van der Waals surface area contributed by atoms with Gasteiger partial charge >= 0.3 is 0 Å². The van der Waals surface area contributed by atoms with Crippen LogP contribution in [0, 0.1) is 13.8 Å². The summed E-state index contributed by atoms with van der Waals surface area (Å²) in [5.74, 6) is -0.509. The monoisotopic (exact) mass is 431 g/mol. The lowest BCUT2D eigenvalue weighted by molar-refractivity contribution is -0.120. The number of hydrogen-bond donors (Lipinski definition) is 0. The molecule has 6 heteroatoms. The Morgan fingerprint density at radius 1 is 1.00 bits per heavy atom. The fraction of sp³-hybridized carbons (Fsp3) is 0.240. The molecule has 2 amide bonds. The maximum atomic E-state index is 13.7. The average Bonchev–Trinajstić information content (AvgIpc) is 3.35. The van der Waals surface area contributed by atoms with Crippen molar-refractivity contribution in [1.29, 1.82) is 0 Å². The molecule has 0 unspecified atom stereocenters. The first-order chi connectivity index (χ1) is 15.0. The smallest absolute Gasteiger partial charge is 0.282 e. The Morgan fingerprint density at radius 2 is 1.71 bits per heavy atom. The Bertz CT molecular complexity index is 1120. The lowest BCUT2D eigenvalue weighted by Gasteiger charge is -2.25. The summed E-state index contributed by atoms with van der Waals surface area (Å²) >= 11 is 1.48. The highest BCUT2D eigenvalue weighted by atomic mass is 32.1. The van der Waals surface area contributed by atoms with Crippen LogP contribution in [0.4, 0.5) is 5.69 Å². The highest BCUT2D eigenvalue weighted by Crippen LogP contribution is 2.37. The summed E-state index contributed by atoms with van der Waals surface area (Å²) in [6, 6.07) is 13.6. The number of pyridine rings is 1. The zero-order valence-electron chi connectivity index (χ0n) is 18.0. The van der Waals surface area contributed by atoms with E-state index in [0.717, 1.165) is 28.0 Å². The standard InChI is InChI=1S/C25H25N3O2S/c1-4-27(12-9-19-7-10-26-11-8-19)23-22(21-6-5-13-31-21)24(29)28(25(23)30)20-15-17(2)14-18(3)16-20/h5-8,10-11,13-16H,4,9,12H2,1-3H3. The number of benzene rings is 1. The van der Waals surface area contributed by atoms with Crippen LogP contribution in [-0.4, -0.2) is 34.8 Å². The molecule has 3 heterocycles. The second-order valence-corrected chi connectivity index (χ2v) is 8.63. The van der Waals surface area contributed by atoms with Crippen molar-refractivity contribution in [2.75, 3.05) is 18.0 Å². The zero-order chi connectivity index (χ0) is 22.0. The van der Waals surface area contributed by atoms with E-state index in [9.17, 15) is 9.59 Å². The van der Waals surface area contributed by atoms with E-state index < -0.39 is 0 Å². The summed E-state index contributed by atoms with van der Waals surface area (Å²) in [5, 5.41) is 1.93. The highest BCUT2D eigenvalue weighted by Gasteiger charge is 2.42. The molecule has 0 fully saturated rings. The summed E-state index contributed by atoms with van der Waals surface area (Å²) in [7, 11) is 0. The van der Waals surface area contributed by atoms with Gasteiger partial charge in [-0.2, -0.15) is 0 Å². The van der Waals surface area contributed by atoms with Crippen LogP contribution in [0.25, 0.3) is 5.57 Å². The van der Waals surface area contributed by atoms with E-state index in [1.54, 1.807) is 12.4 Å². The van der Waals surface area contributed by atoms with E-state index in [4.69, 9.17) is 0 Å². The predicted molar refractivity (Wildman–Crippen MR) is 125 cm³/mol. The van der Waals surface area contributed by atoms with Gasteiger partial charge in [0.25, 0.3) is 11.8 Å². The quantitative estimate of drug-likeness (QED) is 0.513. The zero-order valence-corrected chi connectivity index (χ0v) is 18.8. The molecule has 2 aromatic heterocycles. The molecule has 0 radical (unpaired) electrons. The van der Waals surface area contributed by atoms with Crippen LogP contribution in [0.5, 0.6) is 0 Å². The summed E-state index contributed by atoms with van der Waals surface area (Å²) in [4.78, 5) is 35.5. The van der Waals surface area contributed by atoms with Gasteiger partial charge in [0, 0.05) is 30.4 Å². The summed E-state index contributed by atoms with van der Waals surface area (Å²) in [6.45, 7) is 7.24. The van der Waals surface area contributed by atoms with Crippen molar-refractivity contribution in [3.05, 3.63) is 87.5 Å². The number of likely N-dealkylation sites (N-methyl/N-ethyl adjacent to an activating group) is 1. The Balaban J connectivity index is 1.74. The van der Waals surface area contributed by atoms with Crippen LogP contribution < -0.4 is 4.90 Å². The normalized spacial score (nSPS) is 14.0. The number of anilines is 1. The van der Waals surface area contributed by atoms with Gasteiger partial charge in [0.15, 0.2) is 0 Å². The predicted octanol–water partition coefficient (Wildman–Crippen LogP) is 4.61. The van der Waals surface area contributed by atoms with Crippen LogP contribution in [0.2, 0.25) is 0 Å². The number of nitrogens with zero attached hydrogens (tertiary/aromatic N) is 3. The molecule has 0 saturated heterocycles. The molecule has 5 nitrogen and oxygen atoms in total. The Morgan fingerprint density at radius 3 is 2.32 bits per heavy atom. The van der Waals surface area contributed by atoms with E-state index in [2.05, 4.69) is 4.98 Å². The Kier molecular flexibility index (Phi) is 6.00. The van der Waals surface area contributed by atoms with Crippen molar-refractivity contribution in [3.8, 4) is 0 Å². The van der Waals surface area contributed by atoms with Gasteiger partial charge in [-0.3, -0.25) is 14.6 Å². The molecule has 3 aromatic rings. The summed E-state index contributed by atoms with van der Waals surface area (Å²) in [5.41, 5.74) is 4.80. The molecule has 0 aliphatic carbocycles. The third-order valence-electron chi connectivity index (χ3n) is 5.41. The molecule has 0 saturated carbocycles. The lowest BCUT2D eigenvalue weighted by Crippen LogP contribution is -2.36. The van der Waals surface area contributed by atoms with Gasteiger partial charge in [0.2, 0.25) is 0 Å². The number of aryl methyl sites for hydroxylation is 2. The van der Waals surface area contributed by atoms with Crippen molar-refractivity contribution in [1.82, 2.24) is 9.88 Å². The number of aromatic nitrogens is 1. The van der Waals surface area contributed by atoms with Gasteiger partial charge < -0.3 is 4.90 Å². The van der Waals surface area contributed by atoms with Crippen molar-refractivity contribution < 1.29 is 9.59 Å². The number of carbonyl (C=O) groups is 2. The molecule has 31 heavy (non-hydrogen) atoms. The summed E-state index contributed by atoms with van der Waals surface area (Å²) in [6.07, 6.45) is 4.31. The van der Waals surface area contributed by atoms with E-state index >= 15 is 0 Å². The molecule has 0 N–H and O–H groups in total. The third-order valence-corrected chi connectivity index (χ3v) is 6.30. The van der Waals surface area contributed by atoms with Crippen LogP contribution in [0.15, 0.2) is 65.9 Å². The highest BCUT2D eigenvalue weighted by molar-refractivity contribution is 7.11. The van der Waals surface area contributed by atoms with Gasteiger partial charge in [-0.25, -0.2) is 4.90 Å². The maximum absolute atomic E-state index is 13.7. The van der Waals surface area contributed by atoms with Gasteiger partial charge in [0.05, 0.1) is 11.3 Å². The Hall–Kier alpha value is -3.25. The molecule has 0 spiro atoms. The van der Waals surface area contributed by atoms with E-state index in [0.29, 0.717) is 30.0 Å². The van der Waals surface area contributed by atoms with E-state index in [-0.39, 0.29) is 11.8 Å². The molecule has 1 aliphatic heterocycles. The minimum Gasteiger partial charge on any atom is -0.366 e. The SMILES string of the molecule is CCN(CCc1ccncc1)C1=C(c2cccs2)C(=O)N(c2cc(C)cc(C)c2)C1=O. The van der Waals surface area contributed by atoms with Crippen LogP contribution in [0.1, 0.15) is 28.5 Å². The molecule has 1 aliphatic rings. The largest absolute Gasteiger partial charge is 0.366 e. The molecule has 1 aromatic carbocycles. The number of hydrogen-bond acceptors (Lipinski definition) is 5. The van der Waals surface area contributed by atoms with Gasteiger partial charge in [-0.1, -0.05) is 12.1 Å². The number of rotatable bonds is 7. The maximum Gasteiger partial charge on any atom is 0.282 e. The second-order valence-electron chi connectivity index (χ2n) is 7.68. The first-order valence-corrected chi connectivity index (χ1v) is 11.3. The molecule has 4 rings (SSSR count). The van der Waals surface area contributed by atoms with Crippen LogP contribution >= 0.6 is 11.3 Å². The van der Waals surface area contributed by atoms with Crippen molar-refractivity contribution in [2.24, 2.45) is 0 Å². The lowest BCUT2D eigenvalue weighted by atomic mass is 10.1.